The van der Waals surface area contributed by atoms with Crippen molar-refractivity contribution in [2.45, 2.75) is 0 Å². The van der Waals surface area contributed by atoms with Gasteiger partial charge in [0.05, 0.1) is 10.6 Å². The zero-order chi connectivity index (χ0) is 21.1. The van der Waals surface area contributed by atoms with Crippen LogP contribution in [0.25, 0.3) is 17.3 Å². The van der Waals surface area contributed by atoms with E-state index in [4.69, 9.17) is 12.2 Å². The Morgan fingerprint density at radius 3 is 2.67 bits per heavy atom. The Bertz CT molecular complexity index is 1160. The van der Waals surface area contributed by atoms with Crippen LogP contribution in [0.4, 0.5) is 9.52 Å². The second-order valence-corrected chi connectivity index (χ2v) is 8.78. The molecule has 1 fully saturated rings. The molecule has 0 spiro atoms. The van der Waals surface area contributed by atoms with E-state index in [2.05, 4.69) is 10.3 Å². The van der Waals surface area contributed by atoms with Gasteiger partial charge in [-0.15, -0.1) is 11.3 Å². The van der Waals surface area contributed by atoms with Gasteiger partial charge < -0.3 is 5.32 Å². The number of benzene rings is 2. The maximum atomic E-state index is 13.9. The third-order valence-corrected chi connectivity index (χ3v) is 6.32. The lowest BCUT2D eigenvalue weighted by molar-refractivity contribution is -0.126. The van der Waals surface area contributed by atoms with E-state index in [1.54, 1.807) is 18.2 Å². The van der Waals surface area contributed by atoms with Crippen LogP contribution in [0.3, 0.4) is 0 Å². The van der Waals surface area contributed by atoms with E-state index in [-0.39, 0.29) is 15.8 Å². The number of rotatable bonds is 5. The monoisotopic (exact) mass is 455 g/mol. The predicted octanol–water partition coefficient (Wildman–Crippen LogP) is 4.79. The molecule has 150 valence electrons. The first-order chi connectivity index (χ1) is 14.5. The average molecular weight is 456 g/mol. The van der Waals surface area contributed by atoms with Gasteiger partial charge in [0.15, 0.2) is 5.13 Å². The fourth-order valence-electron chi connectivity index (χ4n) is 2.74. The molecule has 1 N–H and O–H groups in total. The van der Waals surface area contributed by atoms with E-state index >= 15 is 0 Å². The summed E-state index contributed by atoms with van der Waals surface area (Å²) in [6, 6.07) is 15.8. The Hall–Kier alpha value is -2.88. The molecule has 2 aromatic carbocycles. The minimum atomic E-state index is -0.432. The minimum absolute atomic E-state index is 0.237. The van der Waals surface area contributed by atoms with Crippen LogP contribution in [-0.2, 0) is 9.59 Å². The quantitative estimate of drug-likeness (QED) is 0.443. The summed E-state index contributed by atoms with van der Waals surface area (Å²) in [7, 11) is 0. The highest BCUT2D eigenvalue weighted by Gasteiger charge is 2.33. The van der Waals surface area contributed by atoms with E-state index in [9.17, 15) is 14.0 Å². The lowest BCUT2D eigenvalue weighted by Gasteiger charge is -2.13. The third kappa shape index (κ3) is 4.48. The van der Waals surface area contributed by atoms with Crippen molar-refractivity contribution < 1.29 is 14.0 Å². The van der Waals surface area contributed by atoms with Gasteiger partial charge in [-0.2, -0.15) is 0 Å². The summed E-state index contributed by atoms with van der Waals surface area (Å²) in [5.74, 6) is -1.27. The van der Waals surface area contributed by atoms with Gasteiger partial charge in [-0.25, -0.2) is 9.37 Å². The van der Waals surface area contributed by atoms with Crippen molar-refractivity contribution in [2.75, 3.05) is 11.9 Å². The van der Waals surface area contributed by atoms with Gasteiger partial charge in [-0.3, -0.25) is 14.5 Å². The normalized spacial score (nSPS) is 15.1. The number of nitrogens with zero attached hydrogens (tertiary/aromatic N) is 2. The highest BCUT2D eigenvalue weighted by molar-refractivity contribution is 8.26. The fraction of sp³-hybridized carbons (Fsp3) is 0.0476. The summed E-state index contributed by atoms with van der Waals surface area (Å²) < 4.78 is 14.1. The number of carbonyl (C=O) groups excluding carboxylic acids is 2. The van der Waals surface area contributed by atoms with Crippen molar-refractivity contribution in [2.24, 2.45) is 0 Å². The summed E-state index contributed by atoms with van der Waals surface area (Å²) in [5, 5.41) is 4.99. The smallest absolute Gasteiger partial charge is 0.266 e. The SMILES string of the molecule is O=C(CN1C(=O)/C(=C/c2ccccc2F)SC1=S)Nc1nc(-c2ccccc2)cs1. The molecule has 0 aliphatic carbocycles. The van der Waals surface area contributed by atoms with Gasteiger partial charge in [-0.1, -0.05) is 72.5 Å². The van der Waals surface area contributed by atoms with E-state index in [0.717, 1.165) is 23.0 Å². The second-order valence-electron chi connectivity index (χ2n) is 6.24. The maximum absolute atomic E-state index is 13.9. The highest BCUT2D eigenvalue weighted by Crippen LogP contribution is 2.33. The van der Waals surface area contributed by atoms with Crippen molar-refractivity contribution in [3.63, 3.8) is 0 Å². The number of thioether (sulfide) groups is 1. The van der Waals surface area contributed by atoms with Crippen LogP contribution in [0.2, 0.25) is 0 Å². The summed E-state index contributed by atoms with van der Waals surface area (Å²) in [6.45, 7) is -0.237. The zero-order valence-electron chi connectivity index (χ0n) is 15.4. The molecule has 0 radical (unpaired) electrons. The molecule has 1 aliphatic heterocycles. The number of aromatic nitrogens is 1. The maximum Gasteiger partial charge on any atom is 0.266 e. The lowest BCUT2D eigenvalue weighted by Crippen LogP contribution is -2.36. The first-order valence-corrected chi connectivity index (χ1v) is 10.9. The second kappa shape index (κ2) is 8.86. The number of hydrogen-bond acceptors (Lipinski definition) is 6. The highest BCUT2D eigenvalue weighted by atomic mass is 32.2. The molecule has 1 aromatic heterocycles. The van der Waals surface area contributed by atoms with E-state index in [0.29, 0.717) is 10.7 Å². The topological polar surface area (TPSA) is 62.3 Å². The minimum Gasteiger partial charge on any atom is -0.300 e. The number of amides is 2. The number of thiocarbonyl (C=S) groups is 1. The summed E-state index contributed by atoms with van der Waals surface area (Å²) in [5.41, 5.74) is 2.00. The van der Waals surface area contributed by atoms with Crippen molar-refractivity contribution in [3.05, 3.63) is 76.3 Å². The Kier molecular flexibility index (Phi) is 6.03. The standard InChI is InChI=1S/C21H14FN3O2S3/c22-15-9-5-4-8-14(15)10-17-19(27)25(21(28)30-17)11-18(26)24-20-23-16(12-29-20)13-6-2-1-3-7-13/h1-10,12H,11H2,(H,23,24,26)/b17-10-. The fourth-order valence-corrected chi connectivity index (χ4v) is 4.73. The lowest BCUT2D eigenvalue weighted by atomic mass is 10.2. The summed E-state index contributed by atoms with van der Waals surface area (Å²) in [4.78, 5) is 31.0. The number of thiazole rings is 1. The van der Waals surface area contributed by atoms with Crippen LogP contribution in [0.5, 0.6) is 0 Å². The number of hydrogen-bond donors (Lipinski definition) is 1. The Balaban J connectivity index is 1.42. The van der Waals surface area contributed by atoms with Gasteiger partial charge >= 0.3 is 0 Å². The molecule has 0 bridgehead atoms. The molecule has 3 aromatic rings. The van der Waals surface area contributed by atoms with Crippen LogP contribution < -0.4 is 5.32 Å². The van der Waals surface area contributed by atoms with Gasteiger partial charge in [0.1, 0.15) is 16.7 Å². The van der Waals surface area contributed by atoms with Crippen LogP contribution in [0.15, 0.2) is 64.9 Å². The molecule has 2 amide bonds. The first kappa shape index (κ1) is 20.4. The van der Waals surface area contributed by atoms with E-state index in [1.807, 2.05) is 35.7 Å². The summed E-state index contributed by atoms with van der Waals surface area (Å²) in [6.07, 6.45) is 1.44. The Morgan fingerprint density at radius 2 is 1.90 bits per heavy atom. The molecule has 1 saturated heterocycles. The molecule has 30 heavy (non-hydrogen) atoms. The Labute approximate surface area is 185 Å². The van der Waals surface area contributed by atoms with Crippen molar-refractivity contribution >= 4 is 62.7 Å². The largest absolute Gasteiger partial charge is 0.300 e. The summed E-state index contributed by atoms with van der Waals surface area (Å²) >= 11 is 7.58. The third-order valence-electron chi connectivity index (χ3n) is 4.19. The predicted molar refractivity (Wildman–Crippen MR) is 122 cm³/mol. The molecule has 0 unspecified atom stereocenters. The van der Waals surface area contributed by atoms with E-state index < -0.39 is 17.6 Å². The molecule has 9 heteroatoms. The van der Waals surface area contributed by atoms with Gasteiger partial charge in [0.2, 0.25) is 5.91 Å². The average Bonchev–Trinajstić information content (AvgIpc) is 3.30. The number of halogens is 1. The van der Waals surface area contributed by atoms with Crippen molar-refractivity contribution in [3.8, 4) is 11.3 Å². The molecular weight excluding hydrogens is 441 g/mol. The molecule has 4 rings (SSSR count). The van der Waals surface area contributed by atoms with Crippen LogP contribution in [-0.4, -0.2) is 32.6 Å². The number of nitrogens with one attached hydrogen (secondary N) is 1. The number of anilines is 1. The Morgan fingerprint density at radius 1 is 1.17 bits per heavy atom. The molecule has 0 saturated carbocycles. The van der Waals surface area contributed by atoms with Crippen molar-refractivity contribution in [1.29, 1.82) is 0 Å². The molecular formula is C21H14FN3O2S3. The van der Waals surface area contributed by atoms with Crippen LogP contribution in [0, 0.1) is 5.82 Å². The molecule has 5 nitrogen and oxygen atoms in total. The molecule has 2 heterocycles. The molecule has 1 aliphatic rings. The zero-order valence-corrected chi connectivity index (χ0v) is 17.8. The van der Waals surface area contributed by atoms with Crippen molar-refractivity contribution in [1.82, 2.24) is 9.88 Å². The van der Waals surface area contributed by atoms with Crippen LogP contribution >= 0.6 is 35.3 Å². The van der Waals surface area contributed by atoms with Gasteiger partial charge in [-0.05, 0) is 12.1 Å². The van der Waals surface area contributed by atoms with E-state index in [1.165, 1.54) is 28.4 Å². The van der Waals surface area contributed by atoms with Gasteiger partial charge in [0, 0.05) is 16.5 Å². The van der Waals surface area contributed by atoms with Gasteiger partial charge in [0.25, 0.3) is 5.91 Å². The first-order valence-electron chi connectivity index (χ1n) is 8.82. The number of carbonyl (C=O) groups is 2. The molecule has 0 atom stereocenters. The van der Waals surface area contributed by atoms with Crippen LogP contribution in [0.1, 0.15) is 5.56 Å².